The molecule has 5 nitrogen and oxygen atoms in total. The monoisotopic (exact) mass is 279 g/mol. The number of hydrogen-bond donors (Lipinski definition) is 1. The van der Waals surface area contributed by atoms with Gasteiger partial charge in [-0.2, -0.15) is 0 Å². The highest BCUT2D eigenvalue weighted by Gasteiger charge is 2.14. The number of benzene rings is 1. The van der Waals surface area contributed by atoms with Crippen molar-refractivity contribution in [3.63, 3.8) is 0 Å². The van der Waals surface area contributed by atoms with Gasteiger partial charge in [-0.25, -0.2) is 0 Å². The minimum absolute atomic E-state index is 0.0851. The second-order valence-corrected chi connectivity index (χ2v) is 4.35. The summed E-state index contributed by atoms with van der Waals surface area (Å²) in [6, 6.07) is 6.80. The summed E-state index contributed by atoms with van der Waals surface area (Å²) < 4.78 is 10.4. The van der Waals surface area contributed by atoms with Crippen LogP contribution in [0.5, 0.6) is 5.75 Å². The number of Topliss-reactive ketones (excluding diaryl/α,β-unsaturated/α-hetero) is 1. The normalized spacial score (nSPS) is 11.8. The summed E-state index contributed by atoms with van der Waals surface area (Å²) in [6.45, 7) is 4.41. The van der Waals surface area contributed by atoms with Crippen LogP contribution < -0.4 is 10.1 Å². The van der Waals surface area contributed by atoms with Crippen LogP contribution in [0.3, 0.4) is 0 Å². The second kappa shape index (κ2) is 8.32. The molecule has 5 heteroatoms. The van der Waals surface area contributed by atoms with Crippen LogP contribution in [0.25, 0.3) is 0 Å². The first-order valence-corrected chi connectivity index (χ1v) is 6.65. The summed E-state index contributed by atoms with van der Waals surface area (Å²) in [6.07, 6.45) is -0.127. The lowest BCUT2D eigenvalue weighted by atomic mass is 10.1. The van der Waals surface area contributed by atoms with Gasteiger partial charge in [0.1, 0.15) is 5.75 Å². The predicted octanol–water partition coefficient (Wildman–Crippen LogP) is 1.81. The summed E-state index contributed by atoms with van der Waals surface area (Å²) in [4.78, 5) is 23.2. The van der Waals surface area contributed by atoms with Crippen molar-refractivity contribution in [2.45, 2.75) is 26.4 Å². The molecule has 0 aliphatic carbocycles. The molecule has 1 rings (SSSR count). The van der Waals surface area contributed by atoms with Crippen LogP contribution in [0, 0.1) is 0 Å². The van der Waals surface area contributed by atoms with Gasteiger partial charge in [0.25, 0.3) is 5.91 Å². The Morgan fingerprint density at radius 3 is 2.45 bits per heavy atom. The third-order valence-corrected chi connectivity index (χ3v) is 2.78. The Morgan fingerprint density at radius 1 is 1.25 bits per heavy atom. The molecule has 1 atom stereocenters. The number of hydrogen-bond acceptors (Lipinski definition) is 4. The Hall–Kier alpha value is -1.88. The molecule has 0 fully saturated rings. The predicted molar refractivity (Wildman–Crippen MR) is 76.0 cm³/mol. The van der Waals surface area contributed by atoms with E-state index in [-0.39, 0.29) is 11.7 Å². The first-order chi connectivity index (χ1) is 9.58. The first kappa shape index (κ1) is 16.2. The Kier molecular flexibility index (Phi) is 6.73. The fourth-order valence-electron chi connectivity index (χ4n) is 1.60. The second-order valence-electron chi connectivity index (χ2n) is 4.35. The molecule has 110 valence electrons. The molecule has 0 aliphatic heterocycles. The molecular weight excluding hydrogens is 258 g/mol. The molecule has 0 spiro atoms. The topological polar surface area (TPSA) is 64.6 Å². The highest BCUT2D eigenvalue weighted by Crippen LogP contribution is 2.15. The number of methoxy groups -OCH3 is 1. The van der Waals surface area contributed by atoms with Crippen molar-refractivity contribution in [3.05, 3.63) is 29.8 Å². The molecule has 1 unspecified atom stereocenters. The standard InChI is InChI=1S/C15H21NO4/c1-4-14(17)12-5-7-13(8-6-12)20-11(2)15(18)16-9-10-19-3/h5-8,11H,4,9-10H2,1-3H3,(H,16,18). The fraction of sp³-hybridized carbons (Fsp3) is 0.467. The average molecular weight is 279 g/mol. The lowest BCUT2D eigenvalue weighted by Crippen LogP contribution is -2.37. The van der Waals surface area contributed by atoms with Gasteiger partial charge in [-0.1, -0.05) is 6.92 Å². The molecule has 0 aromatic heterocycles. The molecule has 1 N–H and O–H groups in total. The molecular formula is C15H21NO4. The highest BCUT2D eigenvalue weighted by atomic mass is 16.5. The molecule has 0 radical (unpaired) electrons. The maximum absolute atomic E-state index is 11.7. The van der Waals surface area contributed by atoms with Crippen molar-refractivity contribution in [3.8, 4) is 5.75 Å². The van der Waals surface area contributed by atoms with Gasteiger partial charge in [-0.15, -0.1) is 0 Å². The number of amides is 1. The number of nitrogens with one attached hydrogen (secondary N) is 1. The number of rotatable bonds is 8. The van der Waals surface area contributed by atoms with Crippen LogP contribution in [0.15, 0.2) is 24.3 Å². The van der Waals surface area contributed by atoms with Crippen molar-refractivity contribution in [1.82, 2.24) is 5.32 Å². The zero-order valence-corrected chi connectivity index (χ0v) is 12.1. The van der Waals surface area contributed by atoms with E-state index in [9.17, 15) is 9.59 Å². The molecule has 1 aromatic carbocycles. The van der Waals surface area contributed by atoms with E-state index >= 15 is 0 Å². The lowest BCUT2D eigenvalue weighted by molar-refractivity contribution is -0.127. The van der Waals surface area contributed by atoms with Crippen LogP contribution >= 0.6 is 0 Å². The Labute approximate surface area is 119 Å². The summed E-state index contributed by atoms with van der Waals surface area (Å²) in [5.41, 5.74) is 0.650. The van der Waals surface area contributed by atoms with Crippen LogP contribution in [0.4, 0.5) is 0 Å². The zero-order chi connectivity index (χ0) is 15.0. The first-order valence-electron chi connectivity index (χ1n) is 6.65. The lowest BCUT2D eigenvalue weighted by Gasteiger charge is -2.14. The van der Waals surface area contributed by atoms with Gasteiger partial charge in [0.15, 0.2) is 11.9 Å². The van der Waals surface area contributed by atoms with Crippen LogP contribution in [-0.2, 0) is 9.53 Å². The number of carbonyl (C=O) groups excluding carboxylic acids is 2. The average Bonchev–Trinajstić information content (AvgIpc) is 2.47. The quantitative estimate of drug-likeness (QED) is 0.582. The molecule has 0 aliphatic rings. The van der Waals surface area contributed by atoms with E-state index in [1.54, 1.807) is 38.3 Å². The van der Waals surface area contributed by atoms with E-state index in [2.05, 4.69) is 5.32 Å². The van der Waals surface area contributed by atoms with Gasteiger partial charge in [0, 0.05) is 25.6 Å². The van der Waals surface area contributed by atoms with E-state index in [0.717, 1.165) is 0 Å². The van der Waals surface area contributed by atoms with E-state index in [4.69, 9.17) is 9.47 Å². The Bertz CT molecular complexity index is 442. The van der Waals surface area contributed by atoms with Crippen molar-refractivity contribution in [1.29, 1.82) is 0 Å². The Balaban J connectivity index is 2.51. The fourth-order valence-corrected chi connectivity index (χ4v) is 1.60. The molecule has 0 bridgehead atoms. The van der Waals surface area contributed by atoms with Crippen LogP contribution in [-0.4, -0.2) is 38.1 Å². The van der Waals surface area contributed by atoms with Crippen molar-refractivity contribution >= 4 is 11.7 Å². The van der Waals surface area contributed by atoms with Gasteiger partial charge in [-0.05, 0) is 31.2 Å². The van der Waals surface area contributed by atoms with Crippen molar-refractivity contribution in [2.75, 3.05) is 20.3 Å². The minimum atomic E-state index is -0.598. The van der Waals surface area contributed by atoms with E-state index in [0.29, 0.717) is 30.9 Å². The van der Waals surface area contributed by atoms with E-state index < -0.39 is 6.10 Å². The van der Waals surface area contributed by atoms with Crippen molar-refractivity contribution in [2.24, 2.45) is 0 Å². The van der Waals surface area contributed by atoms with Gasteiger partial charge in [0.2, 0.25) is 0 Å². The van der Waals surface area contributed by atoms with Crippen molar-refractivity contribution < 1.29 is 19.1 Å². The molecule has 20 heavy (non-hydrogen) atoms. The summed E-state index contributed by atoms with van der Waals surface area (Å²) in [5, 5.41) is 2.70. The van der Waals surface area contributed by atoms with Gasteiger partial charge in [0.05, 0.1) is 6.61 Å². The number of ketones is 1. The van der Waals surface area contributed by atoms with Gasteiger partial charge < -0.3 is 14.8 Å². The molecule has 1 amide bonds. The highest BCUT2D eigenvalue weighted by molar-refractivity contribution is 5.95. The number of ether oxygens (including phenoxy) is 2. The van der Waals surface area contributed by atoms with Crippen LogP contribution in [0.1, 0.15) is 30.6 Å². The van der Waals surface area contributed by atoms with Gasteiger partial charge >= 0.3 is 0 Å². The minimum Gasteiger partial charge on any atom is -0.481 e. The maximum Gasteiger partial charge on any atom is 0.260 e. The third-order valence-electron chi connectivity index (χ3n) is 2.78. The van der Waals surface area contributed by atoms with E-state index in [1.165, 1.54) is 0 Å². The smallest absolute Gasteiger partial charge is 0.260 e. The molecule has 0 heterocycles. The van der Waals surface area contributed by atoms with Gasteiger partial charge in [-0.3, -0.25) is 9.59 Å². The maximum atomic E-state index is 11.7. The molecule has 1 aromatic rings. The van der Waals surface area contributed by atoms with Crippen LogP contribution in [0.2, 0.25) is 0 Å². The number of carbonyl (C=O) groups is 2. The Morgan fingerprint density at radius 2 is 1.90 bits per heavy atom. The summed E-state index contributed by atoms with van der Waals surface area (Å²) >= 11 is 0. The summed E-state index contributed by atoms with van der Waals surface area (Å²) in [7, 11) is 1.57. The largest absolute Gasteiger partial charge is 0.481 e. The third kappa shape index (κ3) is 5.01. The summed E-state index contributed by atoms with van der Waals surface area (Å²) in [5.74, 6) is 0.449. The molecule has 0 saturated heterocycles. The van der Waals surface area contributed by atoms with E-state index in [1.807, 2.05) is 6.92 Å². The molecule has 0 saturated carbocycles. The SMILES string of the molecule is CCC(=O)c1ccc(OC(C)C(=O)NCCOC)cc1. The zero-order valence-electron chi connectivity index (χ0n) is 12.1.